The van der Waals surface area contributed by atoms with Crippen molar-refractivity contribution in [3.63, 3.8) is 0 Å². The first-order valence-corrected chi connectivity index (χ1v) is 7.04. The van der Waals surface area contributed by atoms with Crippen LogP contribution in [0.3, 0.4) is 0 Å². The van der Waals surface area contributed by atoms with Crippen molar-refractivity contribution in [2.75, 3.05) is 0 Å². The van der Waals surface area contributed by atoms with Crippen molar-refractivity contribution in [1.82, 2.24) is 0 Å². The summed E-state index contributed by atoms with van der Waals surface area (Å²) in [7, 11) is -3.70. The quantitative estimate of drug-likeness (QED) is 0.789. The van der Waals surface area contributed by atoms with Crippen molar-refractivity contribution in [2.45, 2.75) is 16.7 Å². The van der Waals surface area contributed by atoms with Crippen LogP contribution in [0.5, 0.6) is 0 Å². The molecule has 0 radical (unpaired) electrons. The van der Waals surface area contributed by atoms with E-state index in [1.54, 1.807) is 12.1 Å². The number of hydrogen-bond donors (Lipinski definition) is 0. The maximum absolute atomic E-state index is 12.9. The van der Waals surface area contributed by atoms with Gasteiger partial charge in [-0.2, -0.15) is 0 Å². The SMILES string of the molecule is Cc1ccc(S(=O)(=O)c2ccc(F)cc2Cl)cc1. The van der Waals surface area contributed by atoms with E-state index in [4.69, 9.17) is 11.6 Å². The van der Waals surface area contributed by atoms with Crippen LogP contribution in [0.4, 0.5) is 4.39 Å². The summed E-state index contributed by atoms with van der Waals surface area (Å²) < 4.78 is 37.5. The van der Waals surface area contributed by atoms with E-state index in [-0.39, 0.29) is 14.8 Å². The Balaban J connectivity index is 2.58. The minimum absolute atomic E-state index is 0.0885. The molecule has 0 spiro atoms. The van der Waals surface area contributed by atoms with E-state index in [1.807, 2.05) is 6.92 Å². The number of hydrogen-bond acceptors (Lipinski definition) is 2. The predicted octanol–water partition coefficient (Wildman–Crippen LogP) is 3.62. The third-order valence-electron chi connectivity index (χ3n) is 2.51. The van der Waals surface area contributed by atoms with Crippen molar-refractivity contribution in [3.8, 4) is 0 Å². The van der Waals surface area contributed by atoms with E-state index >= 15 is 0 Å². The lowest BCUT2D eigenvalue weighted by Gasteiger charge is -2.07. The molecule has 5 heteroatoms. The Kier molecular flexibility index (Phi) is 3.41. The van der Waals surface area contributed by atoms with Crippen LogP contribution in [0.1, 0.15) is 5.56 Å². The summed E-state index contributed by atoms with van der Waals surface area (Å²) in [6, 6.07) is 9.64. The molecule has 2 aromatic rings. The molecule has 2 rings (SSSR count). The van der Waals surface area contributed by atoms with Gasteiger partial charge >= 0.3 is 0 Å². The second-order valence-electron chi connectivity index (χ2n) is 3.89. The van der Waals surface area contributed by atoms with Crippen molar-refractivity contribution in [2.24, 2.45) is 0 Å². The molecule has 0 atom stereocenters. The Hall–Kier alpha value is -1.39. The highest BCUT2D eigenvalue weighted by atomic mass is 35.5. The summed E-state index contributed by atoms with van der Waals surface area (Å²) in [5.74, 6) is -0.567. The van der Waals surface area contributed by atoms with Crippen molar-refractivity contribution >= 4 is 21.4 Å². The van der Waals surface area contributed by atoms with Gasteiger partial charge < -0.3 is 0 Å². The topological polar surface area (TPSA) is 34.1 Å². The summed E-state index contributed by atoms with van der Waals surface area (Å²) in [6.45, 7) is 1.86. The van der Waals surface area contributed by atoms with Crippen LogP contribution in [0.25, 0.3) is 0 Å². The zero-order valence-corrected chi connectivity index (χ0v) is 11.1. The molecule has 0 aliphatic heterocycles. The zero-order valence-electron chi connectivity index (χ0n) is 9.52. The lowest BCUT2D eigenvalue weighted by molar-refractivity contribution is 0.595. The number of rotatable bonds is 2. The average molecular weight is 285 g/mol. The van der Waals surface area contributed by atoms with E-state index in [2.05, 4.69) is 0 Å². The zero-order chi connectivity index (χ0) is 13.3. The molecule has 2 aromatic carbocycles. The van der Waals surface area contributed by atoms with Crippen molar-refractivity contribution in [1.29, 1.82) is 0 Å². The van der Waals surface area contributed by atoms with E-state index < -0.39 is 15.7 Å². The van der Waals surface area contributed by atoms with Crippen LogP contribution in [0.15, 0.2) is 52.3 Å². The average Bonchev–Trinajstić information content (AvgIpc) is 2.29. The Labute approximate surface area is 110 Å². The summed E-state index contributed by atoms with van der Waals surface area (Å²) in [5.41, 5.74) is 0.958. The summed E-state index contributed by atoms with van der Waals surface area (Å²) in [6.07, 6.45) is 0. The van der Waals surface area contributed by atoms with Gasteiger partial charge in [-0.1, -0.05) is 29.3 Å². The first kappa shape index (κ1) is 13.1. The number of halogens is 2. The number of benzene rings is 2. The van der Waals surface area contributed by atoms with Crippen LogP contribution in [0, 0.1) is 12.7 Å². The molecule has 0 saturated heterocycles. The molecule has 0 unspecified atom stereocenters. The lowest BCUT2D eigenvalue weighted by atomic mass is 10.2. The van der Waals surface area contributed by atoms with Crippen LogP contribution in [-0.4, -0.2) is 8.42 Å². The summed E-state index contributed by atoms with van der Waals surface area (Å²) in [4.78, 5) is 0.0519. The first-order valence-electron chi connectivity index (χ1n) is 5.18. The summed E-state index contributed by atoms with van der Waals surface area (Å²) in [5, 5.41) is -0.115. The fourth-order valence-electron chi connectivity index (χ4n) is 1.54. The van der Waals surface area contributed by atoms with Gasteiger partial charge in [0.2, 0.25) is 9.84 Å². The van der Waals surface area contributed by atoms with E-state index in [1.165, 1.54) is 18.2 Å². The first-order chi connectivity index (χ1) is 8.41. The van der Waals surface area contributed by atoms with Gasteiger partial charge in [0.1, 0.15) is 5.82 Å². The Morgan fingerprint density at radius 3 is 2.22 bits per heavy atom. The molecule has 0 heterocycles. The van der Waals surface area contributed by atoms with Gasteiger partial charge in [-0.3, -0.25) is 0 Å². The molecular weight excluding hydrogens is 275 g/mol. The molecule has 94 valence electrons. The van der Waals surface area contributed by atoms with Gasteiger partial charge in [0.05, 0.1) is 14.8 Å². The predicted molar refractivity (Wildman–Crippen MR) is 68.0 cm³/mol. The van der Waals surface area contributed by atoms with Crippen LogP contribution in [0.2, 0.25) is 5.02 Å². The Morgan fingerprint density at radius 1 is 1.06 bits per heavy atom. The van der Waals surface area contributed by atoms with E-state index in [9.17, 15) is 12.8 Å². The lowest BCUT2D eigenvalue weighted by Crippen LogP contribution is -2.03. The van der Waals surface area contributed by atoms with Crippen LogP contribution < -0.4 is 0 Å². The van der Waals surface area contributed by atoms with E-state index in [0.717, 1.165) is 17.7 Å². The smallest absolute Gasteiger partial charge is 0.208 e. The Morgan fingerprint density at radius 2 is 1.67 bits per heavy atom. The van der Waals surface area contributed by atoms with Crippen LogP contribution >= 0.6 is 11.6 Å². The van der Waals surface area contributed by atoms with E-state index in [0.29, 0.717) is 0 Å². The van der Waals surface area contributed by atoms with Gasteiger partial charge in [0, 0.05) is 0 Å². The highest BCUT2D eigenvalue weighted by molar-refractivity contribution is 7.91. The molecular formula is C13H10ClFO2S. The normalized spacial score (nSPS) is 11.5. The maximum Gasteiger partial charge on any atom is 0.208 e. The Bertz CT molecular complexity index is 679. The molecule has 0 bridgehead atoms. The van der Waals surface area contributed by atoms with Crippen LogP contribution in [-0.2, 0) is 9.84 Å². The monoisotopic (exact) mass is 284 g/mol. The second kappa shape index (κ2) is 4.71. The van der Waals surface area contributed by atoms with Gasteiger partial charge in [-0.05, 0) is 37.3 Å². The summed E-state index contributed by atoms with van der Waals surface area (Å²) >= 11 is 5.78. The number of aryl methyl sites for hydroxylation is 1. The standard InChI is InChI=1S/C13H10ClFO2S/c1-9-2-5-11(6-3-9)18(16,17)13-7-4-10(15)8-12(13)14/h2-8H,1H3. The minimum Gasteiger partial charge on any atom is -0.218 e. The second-order valence-corrected chi connectivity index (χ2v) is 6.22. The molecule has 0 aromatic heterocycles. The fourth-order valence-corrected chi connectivity index (χ4v) is 3.32. The molecule has 2 nitrogen and oxygen atoms in total. The van der Waals surface area contributed by atoms with Gasteiger partial charge in [-0.15, -0.1) is 0 Å². The third kappa shape index (κ3) is 2.40. The maximum atomic E-state index is 12.9. The third-order valence-corrected chi connectivity index (χ3v) is 4.77. The molecule has 0 amide bonds. The minimum atomic E-state index is -3.70. The molecule has 0 aliphatic carbocycles. The van der Waals surface area contributed by atoms with Gasteiger partial charge in [0.25, 0.3) is 0 Å². The highest BCUT2D eigenvalue weighted by Gasteiger charge is 2.20. The fraction of sp³-hybridized carbons (Fsp3) is 0.0769. The molecule has 0 saturated carbocycles. The van der Waals surface area contributed by atoms with Gasteiger partial charge in [-0.25, -0.2) is 12.8 Å². The van der Waals surface area contributed by atoms with Crippen molar-refractivity contribution < 1.29 is 12.8 Å². The molecule has 0 fully saturated rings. The van der Waals surface area contributed by atoms with Crippen molar-refractivity contribution in [3.05, 3.63) is 58.9 Å². The molecule has 0 N–H and O–H groups in total. The number of sulfone groups is 1. The molecule has 18 heavy (non-hydrogen) atoms. The largest absolute Gasteiger partial charge is 0.218 e. The van der Waals surface area contributed by atoms with Gasteiger partial charge in [0.15, 0.2) is 0 Å². The molecule has 0 aliphatic rings. The highest BCUT2D eigenvalue weighted by Crippen LogP contribution is 2.28.